The molecule has 0 radical (unpaired) electrons. The lowest BCUT2D eigenvalue weighted by Gasteiger charge is -2.40. The molecule has 2 aliphatic heterocycles. The monoisotopic (exact) mass is 509 g/mol. The van der Waals surface area contributed by atoms with Crippen LogP contribution < -0.4 is 5.32 Å². The Morgan fingerprint density at radius 3 is 2.63 bits per heavy atom. The van der Waals surface area contributed by atoms with E-state index in [0.717, 1.165) is 35.3 Å². The second-order valence-corrected chi connectivity index (χ2v) is 10.1. The van der Waals surface area contributed by atoms with Crippen molar-refractivity contribution in [3.8, 4) is 0 Å². The number of benzene rings is 1. The van der Waals surface area contributed by atoms with Crippen molar-refractivity contribution in [3.63, 3.8) is 0 Å². The summed E-state index contributed by atoms with van der Waals surface area (Å²) in [6, 6.07) is 4.21. The fourth-order valence-corrected chi connectivity index (χ4v) is 4.01. The number of piperazine rings is 1. The van der Waals surface area contributed by atoms with Crippen molar-refractivity contribution < 1.29 is 16.7 Å². The summed E-state index contributed by atoms with van der Waals surface area (Å²) in [5.74, 6) is -1.05. The Balaban J connectivity index is 1.57. The number of hydrogen-bond donors (Lipinski definition) is 1. The molecule has 0 aromatic heterocycles. The number of likely N-dealkylation sites (N-methyl/N-ethyl adjacent to an activating group) is 1. The van der Waals surface area contributed by atoms with Gasteiger partial charge in [0.1, 0.15) is 18.9 Å². The van der Waals surface area contributed by atoms with E-state index in [1.165, 1.54) is 12.1 Å². The number of carbonyl (C=O) groups excluding carboxylic acids is 2. The second-order valence-electron chi connectivity index (χ2n) is 7.38. The van der Waals surface area contributed by atoms with E-state index in [1.54, 1.807) is 11.0 Å². The molecular weight excluding hydrogens is 486 g/mol. The van der Waals surface area contributed by atoms with Crippen LogP contribution in [0, 0.1) is 11.7 Å². The minimum atomic E-state index is -0.569. The number of rotatable bonds is 2. The number of halogens is 3. The maximum atomic E-state index is 13.6. The number of quaternary nitrogens is 1. The molecule has 1 atom stereocenters. The molecule has 9 heteroatoms. The molecule has 1 aromatic rings. The second kappa shape index (κ2) is 8.48. The number of nitrogens with zero attached hydrogens (tertiary/aromatic N) is 3. The Labute approximate surface area is 177 Å². The Morgan fingerprint density at radius 2 is 1.96 bits per heavy atom. The zero-order valence-corrected chi connectivity index (χ0v) is 18.2. The predicted molar refractivity (Wildman–Crippen MR) is 111 cm³/mol. The summed E-state index contributed by atoms with van der Waals surface area (Å²) in [5, 5.41) is 2.76. The number of piperidine rings is 1. The van der Waals surface area contributed by atoms with Crippen LogP contribution in [0.1, 0.15) is 12.8 Å². The third-order valence-corrected chi connectivity index (χ3v) is 6.46. The molecule has 27 heavy (non-hydrogen) atoms. The van der Waals surface area contributed by atoms with E-state index in [9.17, 15) is 14.0 Å². The van der Waals surface area contributed by atoms with Crippen LogP contribution in [0.25, 0.3) is 0 Å². The van der Waals surface area contributed by atoms with Gasteiger partial charge >= 0.3 is 6.03 Å². The first-order valence-corrected chi connectivity index (χ1v) is 10.4. The van der Waals surface area contributed by atoms with Gasteiger partial charge in [0.2, 0.25) is 28.8 Å². The van der Waals surface area contributed by atoms with E-state index in [2.05, 4.69) is 35.2 Å². The van der Waals surface area contributed by atoms with Crippen LogP contribution in [0.3, 0.4) is 0 Å². The van der Waals surface area contributed by atoms with Crippen LogP contribution in [0.4, 0.5) is 14.9 Å². The minimum absolute atomic E-state index is 0.0149. The number of nitrogens with one attached hydrogen (secondary N) is 1. The van der Waals surface area contributed by atoms with Crippen molar-refractivity contribution in [1.82, 2.24) is 9.80 Å². The molecule has 0 spiro atoms. The highest BCUT2D eigenvalue weighted by atomic mass is 127. The predicted octanol–water partition coefficient (Wildman–Crippen LogP) is 3.36. The average Bonchev–Trinajstić information content (AvgIpc) is 2.64. The molecule has 148 valence electrons. The third kappa shape index (κ3) is 5.23. The first kappa shape index (κ1) is 20.6. The Hall–Kier alpha value is -1.13. The normalized spacial score (nSPS) is 22.4. The molecule has 0 saturated carbocycles. The molecule has 0 aliphatic carbocycles. The van der Waals surface area contributed by atoms with Gasteiger partial charge in [-0.15, -0.1) is 0 Å². The van der Waals surface area contributed by atoms with Gasteiger partial charge < -0.3 is 15.1 Å². The highest BCUT2D eigenvalue weighted by Crippen LogP contribution is 2.23. The number of anilines is 1. The highest BCUT2D eigenvalue weighted by Gasteiger charge is 2.34. The fourth-order valence-electron chi connectivity index (χ4n) is 3.46. The van der Waals surface area contributed by atoms with E-state index in [0.29, 0.717) is 25.2 Å². The van der Waals surface area contributed by atoms with Crippen LogP contribution in [0.2, 0.25) is 5.02 Å². The van der Waals surface area contributed by atoms with Crippen molar-refractivity contribution >= 4 is 52.1 Å². The molecule has 1 aromatic carbocycles. The number of likely N-dealkylation sites (tertiary alicyclic amines) is 1. The van der Waals surface area contributed by atoms with E-state index >= 15 is 0 Å². The van der Waals surface area contributed by atoms with Gasteiger partial charge in [0.05, 0.1) is 31.1 Å². The van der Waals surface area contributed by atoms with Crippen LogP contribution in [-0.4, -0.2) is 70.8 Å². The number of carbonyl (C=O) groups is 2. The number of hydrogen-bond acceptors (Lipinski definition) is 2. The van der Waals surface area contributed by atoms with Crippen LogP contribution in [0.5, 0.6) is 0 Å². The van der Waals surface area contributed by atoms with Gasteiger partial charge in [-0.25, -0.2) is 9.18 Å². The van der Waals surface area contributed by atoms with Gasteiger partial charge in [-0.1, -0.05) is 11.6 Å². The Morgan fingerprint density at radius 1 is 1.26 bits per heavy atom. The summed E-state index contributed by atoms with van der Waals surface area (Å²) in [6.07, 6.45) is 1.50. The third-order valence-electron chi connectivity index (χ3n) is 5.19. The molecule has 0 unspecified atom stereocenters. The number of amides is 3. The number of urea groups is 1. The average molecular weight is 510 g/mol. The molecule has 3 rings (SSSR count). The molecule has 2 saturated heterocycles. The van der Waals surface area contributed by atoms with Gasteiger partial charge in [-0.05, 0) is 31.0 Å². The van der Waals surface area contributed by atoms with Gasteiger partial charge in [0, 0.05) is 18.8 Å². The van der Waals surface area contributed by atoms with E-state index in [1.807, 2.05) is 4.90 Å². The summed E-state index contributed by atoms with van der Waals surface area (Å²) >= 11 is 8.08. The largest absolute Gasteiger partial charge is 0.326 e. The maximum absolute atomic E-state index is 13.6. The molecule has 0 bridgehead atoms. The first-order valence-electron chi connectivity index (χ1n) is 9.09. The van der Waals surface area contributed by atoms with E-state index in [-0.39, 0.29) is 22.9 Å². The summed E-state index contributed by atoms with van der Waals surface area (Å²) in [6.45, 7) is 4.38. The quantitative estimate of drug-likeness (QED) is 0.491. The molecule has 2 heterocycles. The lowest BCUT2D eigenvalue weighted by atomic mass is 9.97. The van der Waals surface area contributed by atoms with Crippen molar-refractivity contribution in [2.45, 2.75) is 12.8 Å². The van der Waals surface area contributed by atoms with Crippen LogP contribution in [-0.2, 0) is 4.79 Å². The summed E-state index contributed by atoms with van der Waals surface area (Å²) in [4.78, 5) is 29.1. The van der Waals surface area contributed by atoms with Crippen molar-refractivity contribution in [1.29, 1.82) is 0 Å². The maximum Gasteiger partial charge on any atom is 0.320 e. The minimum Gasteiger partial charge on any atom is -0.326 e. The topological polar surface area (TPSA) is 52.7 Å². The molecule has 1 N–H and O–H groups in total. The fraction of sp³-hybridized carbons (Fsp3) is 0.556. The van der Waals surface area contributed by atoms with E-state index in [4.69, 9.17) is 11.6 Å². The molecule has 2 fully saturated rings. The van der Waals surface area contributed by atoms with E-state index < -0.39 is 5.82 Å². The van der Waals surface area contributed by atoms with Crippen molar-refractivity contribution in [2.24, 2.45) is 5.92 Å². The highest BCUT2D eigenvalue weighted by molar-refractivity contribution is 14.1. The van der Waals surface area contributed by atoms with Gasteiger partial charge in [-0.3, -0.25) is 7.49 Å². The SMILES string of the molecule is C[N+]1(I)CCN(C(=O)N2CCC[C@H](C(=O)Nc3ccc(Cl)c(F)c3)C2)CC1. The van der Waals surface area contributed by atoms with Crippen molar-refractivity contribution in [2.75, 3.05) is 51.6 Å². The zero-order valence-electron chi connectivity index (χ0n) is 15.3. The smallest absolute Gasteiger partial charge is 0.320 e. The van der Waals surface area contributed by atoms with Crippen LogP contribution >= 0.6 is 34.5 Å². The molecule has 2 aliphatic rings. The molecule has 6 nitrogen and oxygen atoms in total. The summed E-state index contributed by atoms with van der Waals surface area (Å²) < 4.78 is 14.4. The van der Waals surface area contributed by atoms with Gasteiger partial charge in [-0.2, -0.15) is 0 Å². The summed E-state index contributed by atoms with van der Waals surface area (Å²) in [5.41, 5.74) is 0.375. The molecule has 3 amide bonds. The lowest BCUT2D eigenvalue weighted by Crippen LogP contribution is -2.57. The Bertz CT molecular complexity index is 723. The van der Waals surface area contributed by atoms with Crippen LogP contribution in [0.15, 0.2) is 18.2 Å². The Kier molecular flexibility index (Phi) is 6.47. The standard InChI is InChI=1S/C18H23ClFIN4O2/c1-25(21)9-7-23(8-10-25)18(27)24-6-2-3-13(12-24)17(26)22-14-4-5-15(19)16(20)11-14/h4-5,11,13H,2-3,6-10,12H2,1H3/p+1/t13-/m0/s1. The first-order chi connectivity index (χ1) is 12.7. The van der Waals surface area contributed by atoms with Gasteiger partial charge in [0.15, 0.2) is 0 Å². The summed E-state index contributed by atoms with van der Waals surface area (Å²) in [7, 11) is 2.16. The lowest BCUT2D eigenvalue weighted by molar-refractivity contribution is -0.736. The van der Waals surface area contributed by atoms with Gasteiger partial charge in [0.25, 0.3) is 0 Å². The zero-order chi connectivity index (χ0) is 19.6. The molecular formula is C18H24ClFIN4O2+. The van der Waals surface area contributed by atoms with Crippen molar-refractivity contribution in [3.05, 3.63) is 29.0 Å².